The van der Waals surface area contributed by atoms with Crippen LogP contribution in [0.4, 0.5) is 13.2 Å². The van der Waals surface area contributed by atoms with Crippen LogP contribution in [0.3, 0.4) is 0 Å². The third-order valence-electron chi connectivity index (χ3n) is 1.86. The monoisotopic (exact) mass is 221 g/mol. The van der Waals surface area contributed by atoms with E-state index in [1.165, 1.54) is 18.2 Å². The van der Waals surface area contributed by atoms with Gasteiger partial charge in [0.05, 0.1) is 18.2 Å². The minimum Gasteiger partial charge on any atom is -0.394 e. The van der Waals surface area contributed by atoms with Crippen LogP contribution in [0.15, 0.2) is 24.3 Å². The van der Waals surface area contributed by atoms with Crippen molar-refractivity contribution < 1.29 is 18.3 Å². The molecule has 0 radical (unpaired) electrons. The molecule has 86 valence electrons. The standard InChI is InChI=1S/C9H10F3NO.CH4/c10-9(11,12)7-4-2-1-3-6(7)8(13)5-14;/h1-4,8,14H,5,13H2;1H4. The highest BCUT2D eigenvalue weighted by molar-refractivity contribution is 5.32. The molecular formula is C10H14F3NO. The Bertz CT molecular complexity index is 312. The predicted molar refractivity (Wildman–Crippen MR) is 52.2 cm³/mol. The Hall–Kier alpha value is -1.07. The Morgan fingerprint density at radius 3 is 2.27 bits per heavy atom. The fourth-order valence-corrected chi connectivity index (χ4v) is 1.18. The van der Waals surface area contributed by atoms with Gasteiger partial charge in [-0.05, 0) is 11.6 Å². The van der Waals surface area contributed by atoms with Gasteiger partial charge in [-0.2, -0.15) is 13.2 Å². The van der Waals surface area contributed by atoms with Gasteiger partial charge in [0.1, 0.15) is 0 Å². The summed E-state index contributed by atoms with van der Waals surface area (Å²) in [6, 6.07) is 3.97. The van der Waals surface area contributed by atoms with E-state index in [-0.39, 0.29) is 13.0 Å². The topological polar surface area (TPSA) is 46.2 Å². The van der Waals surface area contributed by atoms with Gasteiger partial charge in [-0.3, -0.25) is 0 Å². The maximum absolute atomic E-state index is 12.4. The van der Waals surface area contributed by atoms with E-state index in [4.69, 9.17) is 10.8 Å². The first-order valence-electron chi connectivity index (χ1n) is 3.99. The Labute approximate surface area is 86.5 Å². The third kappa shape index (κ3) is 3.21. The Balaban J connectivity index is 0.00000196. The van der Waals surface area contributed by atoms with E-state index < -0.39 is 24.4 Å². The highest BCUT2D eigenvalue weighted by Crippen LogP contribution is 2.33. The molecule has 2 nitrogen and oxygen atoms in total. The van der Waals surface area contributed by atoms with E-state index in [0.717, 1.165) is 6.07 Å². The van der Waals surface area contributed by atoms with E-state index in [0.29, 0.717) is 0 Å². The number of aliphatic hydroxyl groups is 1. The number of aliphatic hydroxyl groups excluding tert-OH is 1. The first-order chi connectivity index (χ1) is 6.46. The van der Waals surface area contributed by atoms with E-state index >= 15 is 0 Å². The second-order valence-electron chi connectivity index (χ2n) is 2.87. The fourth-order valence-electron chi connectivity index (χ4n) is 1.18. The van der Waals surface area contributed by atoms with Gasteiger partial charge in [0.15, 0.2) is 0 Å². The number of benzene rings is 1. The largest absolute Gasteiger partial charge is 0.416 e. The molecule has 5 heteroatoms. The van der Waals surface area contributed by atoms with Crippen molar-refractivity contribution in [2.75, 3.05) is 6.61 Å². The minimum atomic E-state index is -4.43. The van der Waals surface area contributed by atoms with Crippen LogP contribution >= 0.6 is 0 Å². The number of hydrogen-bond donors (Lipinski definition) is 2. The van der Waals surface area contributed by atoms with Gasteiger partial charge in [-0.1, -0.05) is 25.6 Å². The van der Waals surface area contributed by atoms with Crippen molar-refractivity contribution in [3.63, 3.8) is 0 Å². The summed E-state index contributed by atoms with van der Waals surface area (Å²) in [7, 11) is 0. The molecule has 0 heterocycles. The van der Waals surface area contributed by atoms with Crippen molar-refractivity contribution in [2.45, 2.75) is 19.6 Å². The second kappa shape index (κ2) is 5.14. The lowest BCUT2D eigenvalue weighted by molar-refractivity contribution is -0.138. The number of hydrogen-bond acceptors (Lipinski definition) is 2. The lowest BCUT2D eigenvalue weighted by Gasteiger charge is -2.16. The van der Waals surface area contributed by atoms with E-state index in [2.05, 4.69) is 0 Å². The molecule has 0 spiro atoms. The fraction of sp³-hybridized carbons (Fsp3) is 0.400. The zero-order valence-corrected chi connectivity index (χ0v) is 7.25. The van der Waals surface area contributed by atoms with Crippen LogP contribution in [-0.2, 0) is 6.18 Å². The molecule has 0 aliphatic carbocycles. The number of nitrogens with two attached hydrogens (primary N) is 1. The van der Waals surface area contributed by atoms with Crippen LogP contribution in [0.5, 0.6) is 0 Å². The minimum absolute atomic E-state index is 0. The van der Waals surface area contributed by atoms with Crippen LogP contribution in [0.2, 0.25) is 0 Å². The molecule has 3 N–H and O–H groups in total. The molecule has 1 atom stereocenters. The summed E-state index contributed by atoms with van der Waals surface area (Å²) in [5.74, 6) is 0. The SMILES string of the molecule is C.NC(CO)c1ccccc1C(F)(F)F. The summed E-state index contributed by atoms with van der Waals surface area (Å²) in [6.45, 7) is -0.507. The van der Waals surface area contributed by atoms with Crippen molar-refractivity contribution in [1.82, 2.24) is 0 Å². The van der Waals surface area contributed by atoms with Gasteiger partial charge in [0, 0.05) is 0 Å². The molecule has 0 aliphatic heterocycles. The maximum atomic E-state index is 12.4. The second-order valence-corrected chi connectivity index (χ2v) is 2.87. The molecular weight excluding hydrogens is 207 g/mol. The number of halogens is 3. The Morgan fingerprint density at radius 1 is 1.27 bits per heavy atom. The maximum Gasteiger partial charge on any atom is 0.416 e. The van der Waals surface area contributed by atoms with Gasteiger partial charge in [-0.25, -0.2) is 0 Å². The van der Waals surface area contributed by atoms with Crippen LogP contribution < -0.4 is 5.73 Å². The average Bonchev–Trinajstić information content (AvgIpc) is 2.15. The van der Waals surface area contributed by atoms with Crippen molar-refractivity contribution in [3.05, 3.63) is 35.4 Å². The zero-order valence-electron chi connectivity index (χ0n) is 7.25. The first-order valence-corrected chi connectivity index (χ1v) is 3.99. The van der Waals surface area contributed by atoms with Crippen molar-refractivity contribution in [1.29, 1.82) is 0 Å². The Morgan fingerprint density at radius 2 is 1.80 bits per heavy atom. The average molecular weight is 221 g/mol. The molecule has 15 heavy (non-hydrogen) atoms. The third-order valence-corrected chi connectivity index (χ3v) is 1.86. The summed E-state index contributed by atoms with van der Waals surface area (Å²) in [6.07, 6.45) is -4.43. The summed E-state index contributed by atoms with van der Waals surface area (Å²) in [5, 5.41) is 8.69. The van der Waals surface area contributed by atoms with Crippen molar-refractivity contribution in [2.24, 2.45) is 5.73 Å². The molecule has 1 aromatic carbocycles. The number of alkyl halides is 3. The molecule has 0 fully saturated rings. The highest BCUT2D eigenvalue weighted by Gasteiger charge is 2.33. The lowest BCUT2D eigenvalue weighted by atomic mass is 10.0. The van der Waals surface area contributed by atoms with E-state index in [9.17, 15) is 13.2 Å². The molecule has 0 bridgehead atoms. The molecule has 1 unspecified atom stereocenters. The number of rotatable bonds is 2. The van der Waals surface area contributed by atoms with Gasteiger partial charge in [0.2, 0.25) is 0 Å². The van der Waals surface area contributed by atoms with E-state index in [1.54, 1.807) is 0 Å². The molecule has 1 aromatic rings. The summed E-state index contributed by atoms with van der Waals surface area (Å²) >= 11 is 0. The summed E-state index contributed by atoms with van der Waals surface area (Å²) in [4.78, 5) is 0. The smallest absolute Gasteiger partial charge is 0.394 e. The van der Waals surface area contributed by atoms with Crippen LogP contribution in [-0.4, -0.2) is 11.7 Å². The van der Waals surface area contributed by atoms with Crippen LogP contribution in [0, 0.1) is 0 Å². The van der Waals surface area contributed by atoms with Gasteiger partial charge in [-0.15, -0.1) is 0 Å². The zero-order chi connectivity index (χ0) is 10.8. The summed E-state index contributed by atoms with van der Waals surface area (Å²) in [5.41, 5.74) is 4.47. The normalized spacial score (nSPS) is 13.1. The predicted octanol–water partition coefficient (Wildman–Crippen LogP) is 2.33. The van der Waals surface area contributed by atoms with Crippen molar-refractivity contribution >= 4 is 0 Å². The molecule has 0 amide bonds. The molecule has 0 aromatic heterocycles. The quantitative estimate of drug-likeness (QED) is 0.805. The van der Waals surface area contributed by atoms with Crippen molar-refractivity contribution in [3.8, 4) is 0 Å². The van der Waals surface area contributed by atoms with Crippen LogP contribution in [0.1, 0.15) is 24.6 Å². The first kappa shape index (κ1) is 13.9. The van der Waals surface area contributed by atoms with Gasteiger partial charge >= 0.3 is 6.18 Å². The summed E-state index contributed by atoms with van der Waals surface area (Å²) < 4.78 is 37.2. The van der Waals surface area contributed by atoms with Gasteiger partial charge in [0.25, 0.3) is 0 Å². The van der Waals surface area contributed by atoms with E-state index in [1.807, 2.05) is 0 Å². The lowest BCUT2D eigenvalue weighted by Crippen LogP contribution is -2.20. The Kier molecular flexibility index (Phi) is 4.77. The molecule has 1 rings (SSSR count). The van der Waals surface area contributed by atoms with Crippen LogP contribution in [0.25, 0.3) is 0 Å². The molecule has 0 saturated carbocycles. The highest BCUT2D eigenvalue weighted by atomic mass is 19.4. The van der Waals surface area contributed by atoms with Gasteiger partial charge < -0.3 is 10.8 Å². The molecule has 0 saturated heterocycles. The molecule has 0 aliphatic rings.